The molecule has 116 valence electrons. The minimum Gasteiger partial charge on any atom is -0.352 e. The van der Waals surface area contributed by atoms with Crippen LogP contribution in [0, 0.1) is 0 Å². The molecule has 0 saturated heterocycles. The van der Waals surface area contributed by atoms with Gasteiger partial charge in [-0.1, -0.05) is 13.0 Å². The third-order valence-electron chi connectivity index (χ3n) is 2.88. The van der Waals surface area contributed by atoms with Crippen molar-refractivity contribution in [1.82, 2.24) is 10.3 Å². The van der Waals surface area contributed by atoms with Crippen LogP contribution in [0.1, 0.15) is 39.2 Å². The first-order valence-electron chi connectivity index (χ1n) is 6.98. The molecular formula is C15H18N4O2S. The first-order valence-corrected chi connectivity index (χ1v) is 7.86. The topological polar surface area (TPSA) is 97.1 Å². The minimum absolute atomic E-state index is 0.156. The molecule has 2 aromatic rings. The predicted molar refractivity (Wildman–Crippen MR) is 87.0 cm³/mol. The molecule has 0 bridgehead atoms. The zero-order chi connectivity index (χ0) is 15.9. The zero-order valence-electron chi connectivity index (χ0n) is 12.3. The third-order valence-corrected chi connectivity index (χ3v) is 3.75. The second-order valence-electron chi connectivity index (χ2n) is 4.62. The summed E-state index contributed by atoms with van der Waals surface area (Å²) >= 11 is 1.34. The van der Waals surface area contributed by atoms with E-state index < -0.39 is 0 Å². The number of anilines is 1. The Bertz CT molecular complexity index is 669. The average molecular weight is 318 g/mol. The maximum absolute atomic E-state index is 12.1. The van der Waals surface area contributed by atoms with Crippen molar-refractivity contribution in [3.05, 3.63) is 45.9 Å². The molecule has 6 nitrogen and oxygen atoms in total. The molecular weight excluding hydrogens is 300 g/mol. The summed E-state index contributed by atoms with van der Waals surface area (Å²) in [6.45, 7) is 2.92. The van der Waals surface area contributed by atoms with Crippen LogP contribution in [0.25, 0.3) is 0 Å². The van der Waals surface area contributed by atoms with Gasteiger partial charge >= 0.3 is 0 Å². The van der Waals surface area contributed by atoms with Crippen molar-refractivity contribution >= 4 is 28.8 Å². The van der Waals surface area contributed by atoms with Crippen LogP contribution in [0.3, 0.4) is 0 Å². The van der Waals surface area contributed by atoms with E-state index in [4.69, 9.17) is 5.73 Å². The molecule has 0 radical (unpaired) electrons. The van der Waals surface area contributed by atoms with Gasteiger partial charge in [0.1, 0.15) is 10.7 Å². The van der Waals surface area contributed by atoms with Gasteiger partial charge in [0, 0.05) is 29.7 Å². The van der Waals surface area contributed by atoms with Crippen LogP contribution in [0.15, 0.2) is 29.6 Å². The van der Waals surface area contributed by atoms with Gasteiger partial charge in [-0.15, -0.1) is 11.3 Å². The van der Waals surface area contributed by atoms with Gasteiger partial charge in [0.2, 0.25) is 0 Å². The number of nitrogens with one attached hydrogen (secondary N) is 2. The lowest BCUT2D eigenvalue weighted by atomic mass is 10.2. The summed E-state index contributed by atoms with van der Waals surface area (Å²) in [7, 11) is 0. The van der Waals surface area contributed by atoms with Gasteiger partial charge in [0.15, 0.2) is 0 Å². The number of carbonyl (C=O) groups excluding carboxylic acids is 2. The molecule has 0 aliphatic carbocycles. The molecule has 0 fully saturated rings. The zero-order valence-corrected chi connectivity index (χ0v) is 13.1. The van der Waals surface area contributed by atoms with Gasteiger partial charge in [-0.05, 0) is 24.6 Å². The highest BCUT2D eigenvalue weighted by molar-refractivity contribution is 7.09. The van der Waals surface area contributed by atoms with E-state index in [9.17, 15) is 9.59 Å². The summed E-state index contributed by atoms with van der Waals surface area (Å²) in [4.78, 5) is 28.1. The Labute approximate surface area is 132 Å². The van der Waals surface area contributed by atoms with Crippen molar-refractivity contribution in [2.75, 3.05) is 11.9 Å². The fourth-order valence-corrected chi connectivity index (χ4v) is 2.44. The van der Waals surface area contributed by atoms with Crippen molar-refractivity contribution in [2.45, 2.75) is 19.9 Å². The van der Waals surface area contributed by atoms with E-state index in [2.05, 4.69) is 15.6 Å². The van der Waals surface area contributed by atoms with Crippen molar-refractivity contribution in [2.24, 2.45) is 5.73 Å². The largest absolute Gasteiger partial charge is 0.352 e. The Kier molecular flexibility index (Phi) is 5.62. The number of amides is 2. The lowest BCUT2D eigenvalue weighted by molar-refractivity contribution is 0.0952. The molecule has 0 unspecified atom stereocenters. The number of carbonyl (C=O) groups is 2. The third kappa shape index (κ3) is 4.12. The molecule has 7 heteroatoms. The fourth-order valence-electron chi connectivity index (χ4n) is 1.78. The van der Waals surface area contributed by atoms with E-state index in [1.165, 1.54) is 11.3 Å². The van der Waals surface area contributed by atoms with Crippen molar-refractivity contribution in [3.8, 4) is 0 Å². The lowest BCUT2D eigenvalue weighted by Gasteiger charge is -2.07. The monoisotopic (exact) mass is 318 g/mol. The highest BCUT2D eigenvalue weighted by atomic mass is 32.1. The number of thiazole rings is 1. The quantitative estimate of drug-likeness (QED) is 0.759. The van der Waals surface area contributed by atoms with Crippen LogP contribution >= 0.6 is 11.3 Å². The number of hydrogen-bond donors (Lipinski definition) is 3. The average Bonchev–Trinajstić information content (AvgIpc) is 3.02. The molecule has 0 saturated carbocycles. The lowest BCUT2D eigenvalue weighted by Crippen LogP contribution is -2.24. The molecule has 2 rings (SSSR count). The fraction of sp³-hybridized carbons (Fsp3) is 0.267. The first kappa shape index (κ1) is 16.1. The molecule has 0 spiro atoms. The summed E-state index contributed by atoms with van der Waals surface area (Å²) in [6, 6.07) is 6.79. The molecule has 1 aromatic heterocycles. The maximum Gasteiger partial charge on any atom is 0.275 e. The van der Waals surface area contributed by atoms with Gasteiger partial charge in [0.25, 0.3) is 11.8 Å². The number of nitrogens with two attached hydrogens (primary N) is 1. The Hall–Kier alpha value is -2.25. The second kappa shape index (κ2) is 7.67. The molecule has 1 heterocycles. The number of aromatic nitrogens is 1. The summed E-state index contributed by atoms with van der Waals surface area (Å²) in [5.74, 6) is -0.473. The number of benzene rings is 1. The van der Waals surface area contributed by atoms with Crippen LogP contribution in [0.4, 0.5) is 5.69 Å². The van der Waals surface area contributed by atoms with Gasteiger partial charge < -0.3 is 16.4 Å². The standard InChI is InChI=1S/C15H18N4O2S/c1-2-6-17-14(20)10-4-3-5-11(7-10)18-15(21)12-9-22-13(8-16)19-12/h3-5,7,9H,2,6,8,16H2,1H3,(H,17,20)(H,18,21). The summed E-state index contributed by atoms with van der Waals surface area (Å²) in [5.41, 5.74) is 6.86. The van der Waals surface area contributed by atoms with Gasteiger partial charge in [-0.3, -0.25) is 9.59 Å². The van der Waals surface area contributed by atoms with E-state index in [0.29, 0.717) is 35.0 Å². The highest BCUT2D eigenvalue weighted by Crippen LogP contribution is 2.14. The summed E-state index contributed by atoms with van der Waals surface area (Å²) in [5, 5.41) is 7.90. The number of rotatable bonds is 6. The van der Waals surface area contributed by atoms with Crippen LogP contribution < -0.4 is 16.4 Å². The summed E-state index contributed by atoms with van der Waals surface area (Å²) < 4.78 is 0. The van der Waals surface area contributed by atoms with E-state index in [-0.39, 0.29) is 11.8 Å². The van der Waals surface area contributed by atoms with Crippen LogP contribution in [-0.2, 0) is 6.54 Å². The Morgan fingerprint density at radius 2 is 2.14 bits per heavy atom. The minimum atomic E-state index is -0.318. The van der Waals surface area contributed by atoms with Crippen LogP contribution in [-0.4, -0.2) is 23.3 Å². The molecule has 0 aliphatic rings. The molecule has 0 atom stereocenters. The van der Waals surface area contributed by atoms with Gasteiger partial charge in [-0.25, -0.2) is 4.98 Å². The van der Waals surface area contributed by atoms with Gasteiger partial charge in [0.05, 0.1) is 0 Å². The second-order valence-corrected chi connectivity index (χ2v) is 5.56. The Balaban J connectivity index is 2.06. The number of hydrogen-bond acceptors (Lipinski definition) is 5. The SMILES string of the molecule is CCCNC(=O)c1cccc(NC(=O)c2csc(CN)n2)c1. The van der Waals surface area contributed by atoms with Crippen molar-refractivity contribution < 1.29 is 9.59 Å². The van der Waals surface area contributed by atoms with E-state index in [0.717, 1.165) is 6.42 Å². The van der Waals surface area contributed by atoms with Crippen molar-refractivity contribution in [3.63, 3.8) is 0 Å². The summed E-state index contributed by atoms with van der Waals surface area (Å²) in [6.07, 6.45) is 0.871. The first-order chi connectivity index (χ1) is 10.6. The van der Waals surface area contributed by atoms with Gasteiger partial charge in [-0.2, -0.15) is 0 Å². The maximum atomic E-state index is 12.1. The smallest absolute Gasteiger partial charge is 0.275 e. The molecule has 2 amide bonds. The Morgan fingerprint density at radius 3 is 2.82 bits per heavy atom. The molecule has 22 heavy (non-hydrogen) atoms. The van der Waals surface area contributed by atoms with E-state index in [1.807, 2.05) is 6.92 Å². The van der Waals surface area contributed by atoms with Crippen molar-refractivity contribution in [1.29, 1.82) is 0 Å². The normalized spacial score (nSPS) is 10.3. The van der Waals surface area contributed by atoms with Crippen LogP contribution in [0.2, 0.25) is 0 Å². The highest BCUT2D eigenvalue weighted by Gasteiger charge is 2.12. The molecule has 4 N–H and O–H groups in total. The Morgan fingerprint density at radius 1 is 1.32 bits per heavy atom. The molecule has 0 aliphatic heterocycles. The molecule has 1 aromatic carbocycles. The van der Waals surface area contributed by atoms with E-state index >= 15 is 0 Å². The van der Waals surface area contributed by atoms with Crippen LogP contribution in [0.5, 0.6) is 0 Å². The predicted octanol–water partition coefficient (Wildman–Crippen LogP) is 1.99. The number of nitrogens with zero attached hydrogens (tertiary/aromatic N) is 1. The van der Waals surface area contributed by atoms with E-state index in [1.54, 1.807) is 29.6 Å².